The molecule has 1 aromatic rings. The van der Waals surface area contributed by atoms with Crippen LogP contribution < -0.4 is 0 Å². The summed E-state index contributed by atoms with van der Waals surface area (Å²) in [6, 6.07) is 4.52. The summed E-state index contributed by atoms with van der Waals surface area (Å²) in [5, 5.41) is 0.301. The minimum atomic E-state index is -3.65. The second kappa shape index (κ2) is 8.33. The van der Waals surface area contributed by atoms with Crippen LogP contribution in [0.1, 0.15) is 50.9 Å². The number of amides is 1. The molecule has 156 valence electrons. The van der Waals surface area contributed by atoms with Gasteiger partial charge in [0.25, 0.3) is 5.91 Å². The third-order valence-corrected chi connectivity index (χ3v) is 7.95. The number of benzene rings is 1. The summed E-state index contributed by atoms with van der Waals surface area (Å²) in [4.78, 5) is 15.1. The summed E-state index contributed by atoms with van der Waals surface area (Å²) < 4.78 is 28.0. The van der Waals surface area contributed by atoms with Gasteiger partial charge >= 0.3 is 0 Å². The predicted molar refractivity (Wildman–Crippen MR) is 112 cm³/mol. The molecule has 1 aromatic carbocycles. The molecule has 0 aromatic heterocycles. The highest BCUT2D eigenvalue weighted by Gasteiger charge is 2.33. The Kier molecular flexibility index (Phi) is 6.42. The zero-order chi connectivity index (χ0) is 20.6. The Morgan fingerprint density at radius 1 is 0.929 bits per heavy atom. The maximum atomic E-state index is 13.2. The van der Waals surface area contributed by atoms with Crippen LogP contribution in [0.15, 0.2) is 23.1 Å². The molecular formula is C21H31ClN2O3S. The molecule has 2 aliphatic rings. The number of nitrogens with zero attached hydrogens (tertiary/aromatic N) is 2. The third-order valence-electron chi connectivity index (χ3n) is 5.80. The lowest BCUT2D eigenvalue weighted by Gasteiger charge is -2.35. The molecule has 0 bridgehead atoms. The molecule has 1 amide bonds. The van der Waals surface area contributed by atoms with Gasteiger partial charge in [-0.2, -0.15) is 4.31 Å². The van der Waals surface area contributed by atoms with E-state index in [0.29, 0.717) is 54.9 Å². The smallest absolute Gasteiger partial charge is 0.255 e. The predicted octanol–water partition coefficient (Wildman–Crippen LogP) is 4.12. The van der Waals surface area contributed by atoms with E-state index in [9.17, 15) is 13.2 Å². The van der Waals surface area contributed by atoms with Crippen molar-refractivity contribution in [3.05, 3.63) is 28.8 Å². The second-order valence-electron chi connectivity index (χ2n) is 9.07. The highest BCUT2D eigenvalue weighted by atomic mass is 35.5. The molecule has 0 aliphatic carbocycles. The molecule has 0 spiro atoms. The summed E-state index contributed by atoms with van der Waals surface area (Å²) in [5.74, 6) is 1.32. The first-order chi connectivity index (χ1) is 13.1. The van der Waals surface area contributed by atoms with Crippen LogP contribution in [0, 0.1) is 23.7 Å². The molecule has 2 fully saturated rings. The third kappa shape index (κ3) is 4.55. The molecule has 2 heterocycles. The quantitative estimate of drug-likeness (QED) is 0.730. The number of piperidine rings is 2. The minimum Gasteiger partial charge on any atom is -0.338 e. The fraction of sp³-hybridized carbons (Fsp3) is 0.667. The summed E-state index contributed by atoms with van der Waals surface area (Å²) in [7, 11) is -3.65. The number of rotatable bonds is 3. The number of sulfonamides is 1. The zero-order valence-corrected chi connectivity index (χ0v) is 18.8. The Balaban J connectivity index is 1.89. The molecule has 0 saturated carbocycles. The van der Waals surface area contributed by atoms with Gasteiger partial charge in [0.1, 0.15) is 0 Å². The summed E-state index contributed by atoms with van der Waals surface area (Å²) >= 11 is 6.31. The fourth-order valence-corrected chi connectivity index (χ4v) is 6.68. The second-order valence-corrected chi connectivity index (χ2v) is 11.4. The first-order valence-electron chi connectivity index (χ1n) is 10.2. The molecule has 2 saturated heterocycles. The van der Waals surface area contributed by atoms with E-state index in [1.54, 1.807) is 4.31 Å². The minimum absolute atomic E-state index is 0.152. The average molecular weight is 427 g/mol. The van der Waals surface area contributed by atoms with Gasteiger partial charge in [0.15, 0.2) is 0 Å². The van der Waals surface area contributed by atoms with Gasteiger partial charge in [0, 0.05) is 26.2 Å². The van der Waals surface area contributed by atoms with Crippen molar-refractivity contribution in [2.24, 2.45) is 23.7 Å². The zero-order valence-electron chi connectivity index (χ0n) is 17.2. The maximum absolute atomic E-state index is 13.2. The van der Waals surface area contributed by atoms with Gasteiger partial charge in [0.2, 0.25) is 10.0 Å². The lowest BCUT2D eigenvalue weighted by Crippen LogP contribution is -2.43. The molecule has 2 aliphatic heterocycles. The van der Waals surface area contributed by atoms with E-state index in [2.05, 4.69) is 27.7 Å². The molecule has 3 rings (SSSR count). The Bertz CT molecular complexity index is 822. The number of carbonyl (C=O) groups excluding carboxylic acids is 1. The molecule has 7 heteroatoms. The van der Waals surface area contributed by atoms with Crippen LogP contribution >= 0.6 is 11.6 Å². The van der Waals surface area contributed by atoms with E-state index in [0.717, 1.165) is 12.8 Å². The van der Waals surface area contributed by atoms with Crippen LogP contribution in [0.5, 0.6) is 0 Å². The lowest BCUT2D eigenvalue weighted by molar-refractivity contribution is 0.0623. The molecule has 0 N–H and O–H groups in total. The first kappa shape index (κ1) is 21.6. The van der Waals surface area contributed by atoms with E-state index in [-0.39, 0.29) is 16.4 Å². The van der Waals surface area contributed by atoms with Crippen molar-refractivity contribution in [1.29, 1.82) is 0 Å². The Morgan fingerprint density at radius 2 is 1.43 bits per heavy atom. The van der Waals surface area contributed by atoms with E-state index in [4.69, 9.17) is 11.6 Å². The van der Waals surface area contributed by atoms with E-state index < -0.39 is 10.0 Å². The van der Waals surface area contributed by atoms with Crippen molar-refractivity contribution in [1.82, 2.24) is 9.21 Å². The Hall–Kier alpha value is -1.11. The average Bonchev–Trinajstić information content (AvgIpc) is 2.59. The van der Waals surface area contributed by atoms with Gasteiger partial charge in [-0.1, -0.05) is 39.3 Å². The van der Waals surface area contributed by atoms with E-state index in [1.807, 2.05) is 4.90 Å². The highest BCUT2D eigenvalue weighted by molar-refractivity contribution is 7.89. The monoisotopic (exact) mass is 426 g/mol. The standard InChI is InChI=1S/C21H31ClN2O3S/c1-14-7-15(2)11-23(10-14)21(25)19-9-18(5-6-20(19)22)28(26,27)24-12-16(3)8-17(4)13-24/h5-6,9,14-17H,7-8,10-13H2,1-4H3/t14-,15+,16-,17-/m1/s1. The van der Waals surface area contributed by atoms with E-state index >= 15 is 0 Å². The van der Waals surface area contributed by atoms with Crippen molar-refractivity contribution in [3.8, 4) is 0 Å². The molecule has 0 radical (unpaired) electrons. The van der Waals surface area contributed by atoms with Crippen molar-refractivity contribution in [3.63, 3.8) is 0 Å². The van der Waals surface area contributed by atoms with Gasteiger partial charge in [-0.3, -0.25) is 4.79 Å². The van der Waals surface area contributed by atoms with Gasteiger partial charge in [-0.05, 0) is 54.7 Å². The van der Waals surface area contributed by atoms with Gasteiger partial charge < -0.3 is 4.90 Å². The normalized spacial score (nSPS) is 29.7. The van der Waals surface area contributed by atoms with Crippen molar-refractivity contribution < 1.29 is 13.2 Å². The summed E-state index contributed by atoms with van der Waals surface area (Å²) in [5.41, 5.74) is 0.280. The molecular weight excluding hydrogens is 396 g/mol. The van der Waals surface area contributed by atoms with Gasteiger partial charge in [-0.25, -0.2) is 8.42 Å². The van der Waals surface area contributed by atoms with Crippen LogP contribution in [0.2, 0.25) is 5.02 Å². The van der Waals surface area contributed by atoms with E-state index in [1.165, 1.54) is 18.2 Å². The topological polar surface area (TPSA) is 57.7 Å². The Labute approximate surface area is 174 Å². The van der Waals surface area contributed by atoms with Crippen molar-refractivity contribution in [2.75, 3.05) is 26.2 Å². The van der Waals surface area contributed by atoms with Gasteiger partial charge in [-0.15, -0.1) is 0 Å². The van der Waals surface area contributed by atoms with Crippen molar-refractivity contribution in [2.45, 2.75) is 45.4 Å². The Morgan fingerprint density at radius 3 is 1.96 bits per heavy atom. The van der Waals surface area contributed by atoms with Crippen LogP contribution in [0.3, 0.4) is 0 Å². The van der Waals surface area contributed by atoms with Crippen LogP contribution in [0.25, 0.3) is 0 Å². The van der Waals surface area contributed by atoms with Crippen LogP contribution in [-0.2, 0) is 10.0 Å². The number of hydrogen-bond acceptors (Lipinski definition) is 3. The SMILES string of the molecule is C[C@@H]1C[C@H](C)CN(C(=O)c2cc(S(=O)(=O)N3C[C@H](C)C[C@@H](C)C3)ccc2Cl)C1. The van der Waals surface area contributed by atoms with Gasteiger partial charge in [0.05, 0.1) is 15.5 Å². The lowest BCUT2D eigenvalue weighted by atomic mass is 9.91. The molecule has 0 unspecified atom stereocenters. The number of halogens is 1. The number of hydrogen-bond donors (Lipinski definition) is 0. The summed E-state index contributed by atoms with van der Waals surface area (Å²) in [6.07, 6.45) is 2.12. The van der Waals surface area contributed by atoms with Crippen LogP contribution in [-0.4, -0.2) is 49.7 Å². The molecule has 5 nitrogen and oxygen atoms in total. The number of likely N-dealkylation sites (tertiary alicyclic amines) is 1. The maximum Gasteiger partial charge on any atom is 0.255 e. The molecule has 28 heavy (non-hydrogen) atoms. The summed E-state index contributed by atoms with van der Waals surface area (Å²) in [6.45, 7) is 10.8. The first-order valence-corrected chi connectivity index (χ1v) is 12.0. The highest BCUT2D eigenvalue weighted by Crippen LogP contribution is 2.30. The van der Waals surface area contributed by atoms with Crippen molar-refractivity contribution >= 4 is 27.5 Å². The fourth-order valence-electron chi connectivity index (χ4n) is 4.78. The largest absolute Gasteiger partial charge is 0.338 e. The van der Waals surface area contributed by atoms with Crippen LogP contribution in [0.4, 0.5) is 0 Å². The molecule has 4 atom stereocenters. The number of carbonyl (C=O) groups is 1.